The maximum Gasteiger partial charge on any atom is 0.234 e. The van der Waals surface area contributed by atoms with Crippen molar-refractivity contribution in [2.45, 2.75) is 111 Å². The number of hydrogen-bond acceptors (Lipinski definition) is 2. The maximum absolute atomic E-state index is 13.0. The van der Waals surface area contributed by atoms with Gasteiger partial charge in [-0.1, -0.05) is 106 Å². The predicted octanol–water partition coefficient (Wildman–Crippen LogP) is 7.55. The molecule has 38 heavy (non-hydrogen) atoms. The summed E-state index contributed by atoms with van der Waals surface area (Å²) in [7, 11) is 0. The van der Waals surface area contributed by atoms with Crippen molar-refractivity contribution in [3.63, 3.8) is 0 Å². The van der Waals surface area contributed by atoms with E-state index in [0.29, 0.717) is 19.7 Å². The molecule has 0 heterocycles. The van der Waals surface area contributed by atoms with Crippen LogP contribution in [0.25, 0.3) is 0 Å². The molecule has 2 saturated carbocycles. The van der Waals surface area contributed by atoms with Crippen LogP contribution in [-0.4, -0.2) is 53.6 Å². The third-order valence-electron chi connectivity index (χ3n) is 7.79. The van der Waals surface area contributed by atoms with Crippen molar-refractivity contribution >= 4 is 57.0 Å². The molecule has 0 bridgehead atoms. The number of alkyl halides is 2. The molecule has 0 aliphatic heterocycles. The van der Waals surface area contributed by atoms with Gasteiger partial charge in [-0.15, -0.1) is 0 Å². The van der Waals surface area contributed by atoms with E-state index < -0.39 is 0 Å². The highest BCUT2D eigenvalue weighted by molar-refractivity contribution is 14.1. The van der Waals surface area contributed by atoms with E-state index in [1.165, 1.54) is 11.1 Å². The van der Waals surface area contributed by atoms with Crippen molar-refractivity contribution in [2.75, 3.05) is 0 Å². The minimum absolute atomic E-state index is 0.247. The van der Waals surface area contributed by atoms with Crippen molar-refractivity contribution in [3.8, 4) is 0 Å². The highest BCUT2D eigenvalue weighted by Gasteiger charge is 2.62. The van der Waals surface area contributed by atoms with E-state index in [1.54, 1.807) is 0 Å². The first-order valence-corrected chi connectivity index (χ1v) is 16.4. The van der Waals surface area contributed by atoms with E-state index in [-0.39, 0.29) is 35.0 Å². The SMILES string of the molecule is CC(C)N(C(=O)[C@]1(c2ccccc2)C[C@@H]1I)C(C)C.CC(C)N(C(=O)[C@]1(c2ccccc2)C[C@@H]1I)C(C)C. The zero-order valence-corrected chi connectivity index (χ0v) is 28.4. The van der Waals surface area contributed by atoms with E-state index in [1.807, 2.05) is 46.2 Å². The fraction of sp³-hybridized carbons (Fsp3) is 0.562. The molecule has 2 fully saturated rings. The molecule has 4 nitrogen and oxygen atoms in total. The van der Waals surface area contributed by atoms with Crippen LogP contribution in [0.1, 0.15) is 79.4 Å². The maximum atomic E-state index is 13.0. The average Bonchev–Trinajstić information content (AvgIpc) is 3.74. The molecule has 0 aromatic heterocycles. The fourth-order valence-electron chi connectivity index (χ4n) is 5.80. The first-order valence-electron chi connectivity index (χ1n) is 13.9. The smallest absolute Gasteiger partial charge is 0.234 e. The van der Waals surface area contributed by atoms with E-state index in [0.717, 1.165) is 12.8 Å². The first-order chi connectivity index (χ1) is 17.8. The zero-order chi connectivity index (χ0) is 28.4. The number of carbonyl (C=O) groups excluding carboxylic acids is 2. The second-order valence-electron chi connectivity index (χ2n) is 11.8. The zero-order valence-electron chi connectivity index (χ0n) is 24.1. The van der Waals surface area contributed by atoms with Crippen molar-refractivity contribution < 1.29 is 9.59 Å². The van der Waals surface area contributed by atoms with Gasteiger partial charge < -0.3 is 9.80 Å². The molecular weight excluding hydrogens is 698 g/mol. The molecule has 0 unspecified atom stereocenters. The number of benzene rings is 2. The average molecular weight is 743 g/mol. The van der Waals surface area contributed by atoms with E-state index >= 15 is 0 Å². The fourth-order valence-corrected chi connectivity index (χ4v) is 8.44. The summed E-state index contributed by atoms with van der Waals surface area (Å²) in [4.78, 5) is 30.2. The lowest BCUT2D eigenvalue weighted by atomic mass is 9.93. The molecular formula is C32H44I2N2O2. The minimum atomic E-state index is -0.281. The Balaban J connectivity index is 0.000000211. The van der Waals surface area contributed by atoms with Gasteiger partial charge in [0.15, 0.2) is 0 Å². The van der Waals surface area contributed by atoms with Crippen LogP contribution in [0.2, 0.25) is 0 Å². The Morgan fingerprint density at radius 1 is 0.605 bits per heavy atom. The van der Waals surface area contributed by atoms with Gasteiger partial charge in [0.2, 0.25) is 11.8 Å². The second kappa shape index (κ2) is 12.6. The van der Waals surface area contributed by atoms with Crippen molar-refractivity contribution in [1.82, 2.24) is 9.80 Å². The molecule has 4 atom stereocenters. The summed E-state index contributed by atoms with van der Waals surface area (Å²) >= 11 is 4.84. The third kappa shape index (κ3) is 6.11. The monoisotopic (exact) mass is 742 g/mol. The topological polar surface area (TPSA) is 40.6 Å². The summed E-state index contributed by atoms with van der Waals surface area (Å²) in [6, 6.07) is 21.5. The molecule has 2 aromatic carbocycles. The minimum Gasteiger partial charge on any atom is -0.337 e. The van der Waals surface area contributed by atoms with Crippen LogP contribution >= 0.6 is 45.2 Å². The van der Waals surface area contributed by atoms with Crippen LogP contribution in [0, 0.1) is 0 Å². The first kappa shape index (κ1) is 31.4. The van der Waals surface area contributed by atoms with E-state index in [2.05, 4.69) is 125 Å². The Kier molecular flexibility index (Phi) is 10.4. The number of halogens is 2. The predicted molar refractivity (Wildman–Crippen MR) is 175 cm³/mol. The molecule has 2 aliphatic rings. The second-order valence-corrected chi connectivity index (χ2v) is 14.8. The Labute approximate surface area is 257 Å². The van der Waals surface area contributed by atoms with Gasteiger partial charge in [-0.05, 0) is 79.4 Å². The molecule has 0 saturated heterocycles. The Morgan fingerprint density at radius 3 is 1.03 bits per heavy atom. The van der Waals surface area contributed by atoms with Crippen LogP contribution in [0.4, 0.5) is 0 Å². The summed E-state index contributed by atoms with van der Waals surface area (Å²) in [5, 5.41) is 0. The molecule has 0 N–H and O–H groups in total. The molecule has 2 aliphatic carbocycles. The number of rotatable bonds is 8. The lowest BCUT2D eigenvalue weighted by Crippen LogP contribution is -2.48. The van der Waals surface area contributed by atoms with Gasteiger partial charge in [0.05, 0.1) is 10.8 Å². The summed E-state index contributed by atoms with van der Waals surface area (Å²) in [6.07, 6.45) is 1.93. The number of hydrogen-bond donors (Lipinski definition) is 0. The molecule has 2 aromatic rings. The number of nitrogens with zero attached hydrogens (tertiary/aromatic N) is 2. The van der Waals surface area contributed by atoms with Crippen LogP contribution < -0.4 is 0 Å². The van der Waals surface area contributed by atoms with Crippen LogP contribution in [-0.2, 0) is 20.4 Å². The summed E-state index contributed by atoms with van der Waals surface area (Å²) in [5.41, 5.74) is 1.78. The molecule has 208 valence electrons. The van der Waals surface area contributed by atoms with Crippen molar-refractivity contribution in [3.05, 3.63) is 71.8 Å². The van der Waals surface area contributed by atoms with Gasteiger partial charge in [-0.3, -0.25) is 9.59 Å². The molecule has 0 spiro atoms. The largest absolute Gasteiger partial charge is 0.337 e. The van der Waals surface area contributed by atoms with Gasteiger partial charge in [-0.25, -0.2) is 0 Å². The normalized spacial score (nSPS) is 25.7. The standard InChI is InChI=1S/2C16H22INO/c2*1-11(2)18(12(3)4)15(19)16(10-14(16)17)13-8-6-5-7-9-13/h2*5-9,11-12,14H,10H2,1-4H3/t2*14-,16-/m00/s1. The lowest BCUT2D eigenvalue weighted by molar-refractivity contribution is -0.138. The molecule has 2 amide bonds. The third-order valence-corrected chi connectivity index (χ3v) is 10.8. The number of carbonyl (C=O) groups is 2. The molecule has 4 rings (SSSR count). The Bertz CT molecular complexity index is 986. The highest BCUT2D eigenvalue weighted by Crippen LogP contribution is 2.56. The highest BCUT2D eigenvalue weighted by atomic mass is 127. The summed E-state index contributed by atoms with van der Waals surface area (Å²) in [5.74, 6) is 0.589. The molecule has 6 heteroatoms. The van der Waals surface area contributed by atoms with Crippen LogP contribution in [0.3, 0.4) is 0 Å². The summed E-state index contributed by atoms with van der Waals surface area (Å²) in [6.45, 7) is 16.8. The Hall–Kier alpha value is -1.16. The van der Waals surface area contributed by atoms with E-state index in [4.69, 9.17) is 0 Å². The summed E-state index contributed by atoms with van der Waals surface area (Å²) < 4.78 is 0.833. The van der Waals surface area contributed by atoms with Gasteiger partial charge in [0.25, 0.3) is 0 Å². The Morgan fingerprint density at radius 2 is 0.842 bits per heavy atom. The van der Waals surface area contributed by atoms with Gasteiger partial charge in [0.1, 0.15) is 0 Å². The van der Waals surface area contributed by atoms with Crippen molar-refractivity contribution in [2.24, 2.45) is 0 Å². The van der Waals surface area contributed by atoms with Crippen molar-refractivity contribution in [1.29, 1.82) is 0 Å². The van der Waals surface area contributed by atoms with Gasteiger partial charge >= 0.3 is 0 Å². The van der Waals surface area contributed by atoms with E-state index in [9.17, 15) is 9.59 Å². The van der Waals surface area contributed by atoms with Gasteiger partial charge in [-0.2, -0.15) is 0 Å². The molecule has 0 radical (unpaired) electrons. The van der Waals surface area contributed by atoms with Crippen LogP contribution in [0.15, 0.2) is 60.7 Å². The lowest BCUT2D eigenvalue weighted by Gasteiger charge is -2.34. The van der Waals surface area contributed by atoms with Crippen LogP contribution in [0.5, 0.6) is 0 Å². The quantitative estimate of drug-likeness (QED) is 0.207. The number of amides is 2. The van der Waals surface area contributed by atoms with Gasteiger partial charge in [0, 0.05) is 32.0 Å².